The summed E-state index contributed by atoms with van der Waals surface area (Å²) in [6.45, 7) is 3.70. The van der Waals surface area contributed by atoms with Crippen molar-refractivity contribution >= 4 is 17.3 Å². The Morgan fingerprint density at radius 1 is 1.14 bits per heavy atom. The second kappa shape index (κ2) is 8.39. The van der Waals surface area contributed by atoms with Gasteiger partial charge in [-0.05, 0) is 48.7 Å². The number of anilines is 1. The van der Waals surface area contributed by atoms with Crippen LogP contribution in [-0.2, 0) is 6.61 Å². The fourth-order valence-corrected chi connectivity index (χ4v) is 2.71. The lowest BCUT2D eigenvalue weighted by molar-refractivity contribution is -0.384. The minimum atomic E-state index is -0.624. The highest BCUT2D eigenvalue weighted by molar-refractivity contribution is 6.04. The highest BCUT2D eigenvalue weighted by Crippen LogP contribution is 2.17. The number of non-ortho nitro benzene ring substituents is 1. The van der Waals surface area contributed by atoms with Crippen LogP contribution in [0.2, 0.25) is 0 Å². The molecule has 0 spiro atoms. The predicted octanol–water partition coefficient (Wildman–Crippen LogP) is 3.25. The van der Waals surface area contributed by atoms with E-state index < -0.39 is 16.4 Å². The third-order valence-corrected chi connectivity index (χ3v) is 4.29. The van der Waals surface area contributed by atoms with Gasteiger partial charge in [0.25, 0.3) is 17.2 Å². The number of benzene rings is 2. The first-order valence-electron chi connectivity index (χ1n) is 8.82. The van der Waals surface area contributed by atoms with E-state index in [1.165, 1.54) is 36.5 Å². The number of carbonyl (C=O) groups is 1. The first-order valence-corrected chi connectivity index (χ1v) is 8.82. The van der Waals surface area contributed by atoms with Crippen LogP contribution >= 0.6 is 0 Å². The Kier molecular flexibility index (Phi) is 5.73. The Morgan fingerprint density at radius 3 is 2.69 bits per heavy atom. The molecule has 148 valence electrons. The van der Waals surface area contributed by atoms with E-state index >= 15 is 0 Å². The van der Waals surface area contributed by atoms with Crippen molar-refractivity contribution < 1.29 is 14.6 Å². The number of pyridine rings is 1. The molecule has 3 aromatic rings. The second-order valence-corrected chi connectivity index (χ2v) is 6.53. The number of nitro benzene ring substituents is 1. The van der Waals surface area contributed by atoms with Gasteiger partial charge in [0.1, 0.15) is 12.2 Å². The van der Waals surface area contributed by atoms with Crippen molar-refractivity contribution in [3.63, 3.8) is 0 Å². The number of nitrogens with one attached hydrogen (secondary N) is 1. The molecule has 1 N–H and O–H groups in total. The van der Waals surface area contributed by atoms with E-state index in [9.17, 15) is 19.7 Å². The molecule has 0 saturated carbocycles. The van der Waals surface area contributed by atoms with Gasteiger partial charge in [0.15, 0.2) is 0 Å². The molecule has 0 bridgehead atoms. The lowest BCUT2D eigenvalue weighted by Crippen LogP contribution is -2.32. The fraction of sp³-hybridized carbons (Fsp3) is 0.143. The molecule has 0 atom stereocenters. The van der Waals surface area contributed by atoms with Gasteiger partial charge in [-0.1, -0.05) is 24.3 Å². The summed E-state index contributed by atoms with van der Waals surface area (Å²) < 4.78 is 0.941. The Balaban J connectivity index is 1.78. The van der Waals surface area contributed by atoms with Gasteiger partial charge in [0.05, 0.1) is 4.92 Å². The minimum absolute atomic E-state index is 0.0658. The third kappa shape index (κ3) is 4.67. The van der Waals surface area contributed by atoms with Gasteiger partial charge in [-0.15, -0.1) is 0 Å². The smallest absolute Gasteiger partial charge is 0.295 e. The average Bonchev–Trinajstić information content (AvgIpc) is 2.70. The largest absolute Gasteiger partial charge is 0.406 e. The summed E-state index contributed by atoms with van der Waals surface area (Å²) in [5, 5.41) is 13.6. The number of hydrogen-bond acceptors (Lipinski definition) is 5. The first kappa shape index (κ1) is 19.8. The molecule has 0 aliphatic heterocycles. The fourth-order valence-electron chi connectivity index (χ4n) is 2.71. The SMILES string of the molecule is Cc1ccc(C)c(NC(=O)c2cccn(OCc3cccc([N+](=O)[O-])c3)c2=O)c1. The number of nitro groups is 1. The lowest BCUT2D eigenvalue weighted by Gasteiger charge is -2.11. The van der Waals surface area contributed by atoms with E-state index in [1.54, 1.807) is 6.07 Å². The van der Waals surface area contributed by atoms with Crippen LogP contribution in [0, 0.1) is 24.0 Å². The summed E-state index contributed by atoms with van der Waals surface area (Å²) in [5.74, 6) is -0.544. The van der Waals surface area contributed by atoms with E-state index in [0.29, 0.717) is 11.3 Å². The predicted molar refractivity (Wildman–Crippen MR) is 108 cm³/mol. The topological polar surface area (TPSA) is 103 Å². The zero-order chi connectivity index (χ0) is 21.0. The van der Waals surface area contributed by atoms with Crippen molar-refractivity contribution in [1.29, 1.82) is 0 Å². The normalized spacial score (nSPS) is 10.4. The number of amides is 1. The quantitative estimate of drug-likeness (QED) is 0.511. The first-order chi connectivity index (χ1) is 13.8. The summed E-state index contributed by atoms with van der Waals surface area (Å²) in [5.41, 5.74) is 2.24. The van der Waals surface area contributed by atoms with Crippen LogP contribution in [0.15, 0.2) is 65.6 Å². The zero-order valence-corrected chi connectivity index (χ0v) is 15.9. The van der Waals surface area contributed by atoms with Crippen LogP contribution in [0.4, 0.5) is 11.4 Å². The van der Waals surface area contributed by atoms with E-state index in [2.05, 4.69) is 5.32 Å². The van der Waals surface area contributed by atoms with Crippen molar-refractivity contribution in [3.05, 3.63) is 104 Å². The lowest BCUT2D eigenvalue weighted by atomic mass is 10.1. The van der Waals surface area contributed by atoms with Crippen LogP contribution in [-0.4, -0.2) is 15.6 Å². The monoisotopic (exact) mass is 393 g/mol. The molecule has 1 aromatic heterocycles. The number of rotatable bonds is 6. The van der Waals surface area contributed by atoms with E-state index in [0.717, 1.165) is 15.9 Å². The maximum Gasteiger partial charge on any atom is 0.295 e. The summed E-state index contributed by atoms with van der Waals surface area (Å²) in [7, 11) is 0. The molecule has 8 nitrogen and oxygen atoms in total. The number of aromatic nitrogens is 1. The van der Waals surface area contributed by atoms with Gasteiger partial charge >= 0.3 is 0 Å². The molecule has 29 heavy (non-hydrogen) atoms. The Morgan fingerprint density at radius 2 is 1.93 bits per heavy atom. The molecule has 0 fully saturated rings. The van der Waals surface area contributed by atoms with Crippen LogP contribution < -0.4 is 15.7 Å². The van der Waals surface area contributed by atoms with Crippen molar-refractivity contribution in [2.24, 2.45) is 0 Å². The Bertz CT molecular complexity index is 1140. The summed E-state index contributed by atoms with van der Waals surface area (Å²) in [6, 6.07) is 14.5. The van der Waals surface area contributed by atoms with Crippen molar-refractivity contribution in [2.75, 3.05) is 5.32 Å². The number of aryl methyl sites for hydroxylation is 2. The third-order valence-electron chi connectivity index (χ3n) is 4.29. The van der Waals surface area contributed by atoms with Gasteiger partial charge < -0.3 is 10.2 Å². The van der Waals surface area contributed by atoms with Crippen molar-refractivity contribution in [2.45, 2.75) is 20.5 Å². The highest BCUT2D eigenvalue weighted by atomic mass is 16.7. The van der Waals surface area contributed by atoms with Gasteiger partial charge in [0, 0.05) is 24.0 Å². The number of nitrogens with zero attached hydrogens (tertiary/aromatic N) is 2. The summed E-state index contributed by atoms with van der Waals surface area (Å²) in [6.07, 6.45) is 1.38. The second-order valence-electron chi connectivity index (χ2n) is 6.53. The molecule has 1 heterocycles. The van der Waals surface area contributed by atoms with Crippen molar-refractivity contribution in [1.82, 2.24) is 4.73 Å². The summed E-state index contributed by atoms with van der Waals surface area (Å²) >= 11 is 0. The van der Waals surface area contributed by atoms with Crippen LogP contribution in [0.3, 0.4) is 0 Å². The number of hydrogen-bond donors (Lipinski definition) is 1. The molecule has 8 heteroatoms. The van der Waals surface area contributed by atoms with Gasteiger partial charge in [-0.25, -0.2) is 0 Å². The van der Waals surface area contributed by atoms with Crippen LogP contribution in [0.1, 0.15) is 27.0 Å². The minimum Gasteiger partial charge on any atom is -0.406 e. The zero-order valence-electron chi connectivity index (χ0n) is 15.9. The van der Waals surface area contributed by atoms with Crippen molar-refractivity contribution in [3.8, 4) is 0 Å². The summed E-state index contributed by atoms with van der Waals surface area (Å²) in [4.78, 5) is 41.0. The Labute approximate surface area is 166 Å². The van der Waals surface area contributed by atoms with Gasteiger partial charge in [-0.2, -0.15) is 4.73 Å². The standard InChI is InChI=1S/C21H19N3O5/c1-14-8-9-15(2)19(11-14)22-20(25)18-7-4-10-23(21(18)26)29-13-16-5-3-6-17(12-16)24(27)28/h3-12H,13H2,1-2H3,(H,22,25). The van der Waals surface area contributed by atoms with E-state index in [1.807, 2.05) is 32.0 Å². The maximum atomic E-state index is 12.6. The molecule has 1 amide bonds. The molecule has 0 radical (unpaired) electrons. The molecule has 0 aliphatic rings. The number of carbonyl (C=O) groups excluding carboxylic acids is 1. The van der Waals surface area contributed by atoms with E-state index in [-0.39, 0.29) is 17.9 Å². The molecule has 0 saturated heterocycles. The van der Waals surface area contributed by atoms with Crippen LogP contribution in [0.5, 0.6) is 0 Å². The molecule has 0 unspecified atom stereocenters. The van der Waals surface area contributed by atoms with Gasteiger partial charge in [0.2, 0.25) is 0 Å². The molecule has 3 rings (SSSR count). The van der Waals surface area contributed by atoms with E-state index in [4.69, 9.17) is 4.84 Å². The van der Waals surface area contributed by atoms with Gasteiger partial charge in [-0.3, -0.25) is 19.7 Å². The van der Waals surface area contributed by atoms with Crippen LogP contribution in [0.25, 0.3) is 0 Å². The molecule has 2 aromatic carbocycles. The average molecular weight is 393 g/mol. The molecule has 0 aliphatic carbocycles. The highest BCUT2D eigenvalue weighted by Gasteiger charge is 2.14. The Hall–Kier alpha value is -3.94. The maximum absolute atomic E-state index is 12.6. The molecular formula is C21H19N3O5. The molecular weight excluding hydrogens is 374 g/mol.